The molecule has 0 spiro atoms. The van der Waals surface area contributed by atoms with Gasteiger partial charge in [-0.3, -0.25) is 0 Å². The van der Waals surface area contributed by atoms with Crippen LogP contribution in [0.1, 0.15) is 17.5 Å². The predicted octanol–water partition coefficient (Wildman–Crippen LogP) is 2.62. The highest BCUT2D eigenvalue weighted by Crippen LogP contribution is 2.20. The van der Waals surface area contributed by atoms with Crippen molar-refractivity contribution in [1.82, 2.24) is 4.72 Å². The summed E-state index contributed by atoms with van der Waals surface area (Å²) < 4.78 is 32.3. The summed E-state index contributed by atoms with van der Waals surface area (Å²) in [4.78, 5) is 0.260. The smallest absolute Gasteiger partial charge is 0.240 e. The van der Waals surface area contributed by atoms with Crippen molar-refractivity contribution in [2.24, 2.45) is 0 Å². The normalized spacial score (nSPS) is 11.4. The summed E-state index contributed by atoms with van der Waals surface area (Å²) in [6.45, 7) is 2.08. The van der Waals surface area contributed by atoms with E-state index in [9.17, 15) is 13.5 Å². The van der Waals surface area contributed by atoms with Crippen LogP contribution in [0.4, 0.5) is 0 Å². The molecule has 0 atom stereocenters. The van der Waals surface area contributed by atoms with Gasteiger partial charge in [0.2, 0.25) is 10.0 Å². The third-order valence-corrected chi connectivity index (χ3v) is 5.14. The van der Waals surface area contributed by atoms with Gasteiger partial charge < -0.3 is 9.84 Å². The number of ether oxygens (including phenoxy) is 1. The minimum atomic E-state index is -3.53. The lowest BCUT2D eigenvalue weighted by Gasteiger charge is -2.10. The number of aryl methyl sites for hydroxylation is 2. The van der Waals surface area contributed by atoms with Crippen molar-refractivity contribution >= 4 is 10.0 Å². The molecule has 2 N–H and O–H groups in total. The van der Waals surface area contributed by atoms with Crippen molar-refractivity contribution in [3.05, 3.63) is 53.6 Å². The molecule has 124 valence electrons. The van der Waals surface area contributed by atoms with E-state index in [-0.39, 0.29) is 10.6 Å². The van der Waals surface area contributed by atoms with Gasteiger partial charge in [-0.1, -0.05) is 12.1 Å². The molecule has 2 aromatic rings. The quantitative estimate of drug-likeness (QED) is 0.763. The molecule has 23 heavy (non-hydrogen) atoms. The Morgan fingerprint density at radius 2 is 1.96 bits per heavy atom. The molecular weight excluding hydrogens is 314 g/mol. The van der Waals surface area contributed by atoms with E-state index < -0.39 is 10.0 Å². The molecule has 0 saturated carbocycles. The minimum Gasteiger partial charge on any atom is -0.508 e. The van der Waals surface area contributed by atoms with Crippen LogP contribution in [-0.2, 0) is 16.4 Å². The third-order valence-electron chi connectivity index (χ3n) is 3.52. The number of aromatic hydroxyl groups is 1. The van der Waals surface area contributed by atoms with E-state index in [1.54, 1.807) is 50.4 Å². The largest absolute Gasteiger partial charge is 0.508 e. The summed E-state index contributed by atoms with van der Waals surface area (Å²) in [7, 11) is -1.99. The van der Waals surface area contributed by atoms with Crippen molar-refractivity contribution in [3.63, 3.8) is 0 Å². The second kappa shape index (κ2) is 7.48. The monoisotopic (exact) mass is 335 g/mol. The van der Waals surface area contributed by atoms with Gasteiger partial charge in [0.1, 0.15) is 11.5 Å². The standard InChI is InChI=1S/C17H21NO4S/c1-13-11-16(22-2)8-9-17(13)23(20,21)18-10-4-6-14-5-3-7-15(19)12-14/h3,5,7-9,11-12,18-19H,4,6,10H2,1-2H3. The molecule has 6 heteroatoms. The molecule has 2 aromatic carbocycles. The van der Waals surface area contributed by atoms with E-state index in [1.807, 2.05) is 6.07 Å². The van der Waals surface area contributed by atoms with Crippen LogP contribution in [0.15, 0.2) is 47.4 Å². The van der Waals surface area contributed by atoms with Gasteiger partial charge in [-0.2, -0.15) is 0 Å². The molecule has 0 aliphatic carbocycles. The van der Waals surface area contributed by atoms with E-state index >= 15 is 0 Å². The number of rotatable bonds is 7. The fraction of sp³-hybridized carbons (Fsp3) is 0.294. The zero-order valence-electron chi connectivity index (χ0n) is 13.2. The lowest BCUT2D eigenvalue weighted by atomic mass is 10.1. The first-order valence-electron chi connectivity index (χ1n) is 7.34. The lowest BCUT2D eigenvalue weighted by molar-refractivity contribution is 0.414. The fourth-order valence-electron chi connectivity index (χ4n) is 2.34. The van der Waals surface area contributed by atoms with Crippen LogP contribution in [0.5, 0.6) is 11.5 Å². The van der Waals surface area contributed by atoms with Gasteiger partial charge in [-0.15, -0.1) is 0 Å². The molecule has 0 unspecified atom stereocenters. The summed E-state index contributed by atoms with van der Waals surface area (Å²) in [5.41, 5.74) is 1.62. The number of hydrogen-bond acceptors (Lipinski definition) is 4. The highest BCUT2D eigenvalue weighted by Gasteiger charge is 2.16. The van der Waals surface area contributed by atoms with Crippen LogP contribution in [-0.4, -0.2) is 27.2 Å². The van der Waals surface area contributed by atoms with Crippen LogP contribution in [0.2, 0.25) is 0 Å². The van der Waals surface area contributed by atoms with Gasteiger partial charge in [-0.25, -0.2) is 13.1 Å². The Hall–Kier alpha value is -2.05. The van der Waals surface area contributed by atoms with Gasteiger partial charge in [0.05, 0.1) is 12.0 Å². The van der Waals surface area contributed by atoms with Gasteiger partial charge in [-0.05, 0) is 61.2 Å². The molecule has 0 heterocycles. The average Bonchev–Trinajstić information content (AvgIpc) is 2.51. The first-order valence-corrected chi connectivity index (χ1v) is 8.83. The molecule has 5 nitrogen and oxygen atoms in total. The SMILES string of the molecule is COc1ccc(S(=O)(=O)NCCCc2cccc(O)c2)c(C)c1. The van der Waals surface area contributed by atoms with E-state index in [1.165, 1.54) is 0 Å². The summed E-state index contributed by atoms with van der Waals surface area (Å²) in [5.74, 6) is 0.849. The molecule has 0 aliphatic heterocycles. The molecule has 0 aromatic heterocycles. The van der Waals surface area contributed by atoms with Crippen LogP contribution in [0.3, 0.4) is 0 Å². The molecule has 0 saturated heterocycles. The molecule has 2 rings (SSSR count). The maximum Gasteiger partial charge on any atom is 0.240 e. The van der Waals surface area contributed by atoms with Crippen LogP contribution in [0, 0.1) is 6.92 Å². The van der Waals surface area contributed by atoms with Crippen molar-refractivity contribution in [1.29, 1.82) is 0 Å². The van der Waals surface area contributed by atoms with Crippen molar-refractivity contribution in [2.45, 2.75) is 24.7 Å². The number of methoxy groups -OCH3 is 1. The van der Waals surface area contributed by atoms with Gasteiger partial charge in [0.15, 0.2) is 0 Å². The van der Waals surface area contributed by atoms with E-state index in [0.717, 1.165) is 5.56 Å². The Morgan fingerprint density at radius 3 is 2.61 bits per heavy atom. The topological polar surface area (TPSA) is 75.6 Å². The lowest BCUT2D eigenvalue weighted by Crippen LogP contribution is -2.25. The summed E-state index contributed by atoms with van der Waals surface area (Å²) in [5, 5.41) is 9.40. The number of hydrogen-bond donors (Lipinski definition) is 2. The fourth-order valence-corrected chi connectivity index (χ4v) is 3.64. The number of phenols is 1. The Balaban J connectivity index is 1.94. The molecule has 0 bridgehead atoms. The minimum absolute atomic E-state index is 0.219. The Labute approximate surface area is 137 Å². The third kappa shape index (κ3) is 4.71. The predicted molar refractivity (Wildman–Crippen MR) is 89.3 cm³/mol. The maximum absolute atomic E-state index is 12.3. The Kier molecular flexibility index (Phi) is 5.63. The zero-order chi connectivity index (χ0) is 16.9. The second-order valence-electron chi connectivity index (χ2n) is 5.30. The molecular formula is C17H21NO4S. The van der Waals surface area contributed by atoms with Gasteiger partial charge in [0.25, 0.3) is 0 Å². The van der Waals surface area contributed by atoms with E-state index in [2.05, 4.69) is 4.72 Å². The molecule has 0 radical (unpaired) electrons. The zero-order valence-corrected chi connectivity index (χ0v) is 14.1. The molecule has 0 fully saturated rings. The van der Waals surface area contributed by atoms with Gasteiger partial charge in [0, 0.05) is 6.54 Å². The van der Waals surface area contributed by atoms with Crippen LogP contribution in [0.25, 0.3) is 0 Å². The Bertz CT molecular complexity index is 772. The highest BCUT2D eigenvalue weighted by atomic mass is 32.2. The first kappa shape index (κ1) is 17.3. The maximum atomic E-state index is 12.3. The number of nitrogens with one attached hydrogen (secondary N) is 1. The average molecular weight is 335 g/mol. The van der Waals surface area contributed by atoms with Crippen molar-refractivity contribution < 1.29 is 18.3 Å². The molecule has 0 aliphatic rings. The number of sulfonamides is 1. The number of phenolic OH excluding ortho intramolecular Hbond substituents is 1. The van der Waals surface area contributed by atoms with E-state index in [0.29, 0.717) is 30.7 Å². The Morgan fingerprint density at radius 1 is 1.17 bits per heavy atom. The molecule has 0 amide bonds. The number of benzene rings is 2. The van der Waals surface area contributed by atoms with Crippen molar-refractivity contribution in [3.8, 4) is 11.5 Å². The van der Waals surface area contributed by atoms with Crippen molar-refractivity contribution in [2.75, 3.05) is 13.7 Å². The van der Waals surface area contributed by atoms with Crippen LogP contribution >= 0.6 is 0 Å². The highest BCUT2D eigenvalue weighted by molar-refractivity contribution is 7.89. The summed E-state index contributed by atoms with van der Waals surface area (Å²) in [6, 6.07) is 11.8. The van der Waals surface area contributed by atoms with Gasteiger partial charge >= 0.3 is 0 Å². The van der Waals surface area contributed by atoms with E-state index in [4.69, 9.17) is 4.74 Å². The summed E-state index contributed by atoms with van der Waals surface area (Å²) >= 11 is 0. The second-order valence-corrected chi connectivity index (χ2v) is 7.04. The summed E-state index contributed by atoms with van der Waals surface area (Å²) in [6.07, 6.45) is 1.34. The van der Waals surface area contributed by atoms with Crippen LogP contribution < -0.4 is 9.46 Å². The first-order chi connectivity index (χ1) is 10.9.